The number of carbonyl (C=O) groups excluding carboxylic acids is 2. The zero-order valence-corrected chi connectivity index (χ0v) is 13.9. The van der Waals surface area contributed by atoms with Crippen LogP contribution in [0.15, 0.2) is 60.9 Å². The number of nitrogens with zero attached hydrogens (tertiary/aromatic N) is 1. The summed E-state index contributed by atoms with van der Waals surface area (Å²) in [7, 11) is 0. The zero-order valence-electron chi connectivity index (χ0n) is 13.2. The fourth-order valence-electron chi connectivity index (χ4n) is 2.33. The van der Waals surface area contributed by atoms with Gasteiger partial charge in [-0.05, 0) is 42.5 Å². The van der Waals surface area contributed by atoms with Crippen molar-refractivity contribution in [2.75, 3.05) is 5.32 Å². The monoisotopic (exact) mass is 375 g/mol. The molecule has 0 unspecified atom stereocenters. The Hall–Kier alpha value is -3.19. The molecule has 0 saturated carbocycles. The van der Waals surface area contributed by atoms with Crippen LogP contribution in [-0.4, -0.2) is 16.5 Å². The lowest BCUT2D eigenvalue weighted by atomic mass is 10.2. The third-order valence-electron chi connectivity index (χ3n) is 3.51. The number of anilines is 1. The van der Waals surface area contributed by atoms with Gasteiger partial charge in [-0.25, -0.2) is 13.6 Å². The molecule has 1 aromatic heterocycles. The molecule has 132 valence electrons. The smallest absolute Gasteiger partial charge is 0.322 e. The first-order chi connectivity index (χ1) is 12.5. The Morgan fingerprint density at radius 1 is 0.962 bits per heavy atom. The number of benzene rings is 2. The second-order valence-electron chi connectivity index (χ2n) is 5.26. The highest BCUT2D eigenvalue weighted by atomic mass is 35.5. The summed E-state index contributed by atoms with van der Waals surface area (Å²) in [4.78, 5) is 23.8. The summed E-state index contributed by atoms with van der Waals surface area (Å²) in [6, 6.07) is 10.5. The number of urea groups is 1. The highest BCUT2D eigenvalue weighted by Gasteiger charge is 2.19. The SMILES string of the molecule is O=C(NC(=O)c1c(F)cccc1F)Nc1ccc(-n2cccc2)c(Cl)c1. The number of halogens is 3. The Morgan fingerprint density at radius 2 is 1.62 bits per heavy atom. The lowest BCUT2D eigenvalue weighted by Gasteiger charge is -2.10. The van der Waals surface area contributed by atoms with Gasteiger partial charge in [0.15, 0.2) is 0 Å². The molecule has 3 rings (SSSR count). The first-order valence-corrected chi connectivity index (χ1v) is 7.83. The van der Waals surface area contributed by atoms with Crippen molar-refractivity contribution < 1.29 is 18.4 Å². The van der Waals surface area contributed by atoms with Gasteiger partial charge in [0, 0.05) is 18.1 Å². The fraction of sp³-hybridized carbons (Fsp3) is 0. The van der Waals surface area contributed by atoms with E-state index >= 15 is 0 Å². The van der Waals surface area contributed by atoms with Crippen molar-refractivity contribution in [3.05, 3.63) is 83.1 Å². The molecule has 0 aliphatic carbocycles. The number of hydrogen-bond acceptors (Lipinski definition) is 2. The van der Waals surface area contributed by atoms with Gasteiger partial charge in [0.1, 0.15) is 17.2 Å². The van der Waals surface area contributed by atoms with Crippen molar-refractivity contribution in [2.24, 2.45) is 0 Å². The number of carbonyl (C=O) groups is 2. The molecular formula is C18H12ClF2N3O2. The Morgan fingerprint density at radius 3 is 2.23 bits per heavy atom. The van der Waals surface area contributed by atoms with Crippen molar-refractivity contribution in [1.29, 1.82) is 0 Å². The van der Waals surface area contributed by atoms with Gasteiger partial charge < -0.3 is 9.88 Å². The van der Waals surface area contributed by atoms with E-state index in [4.69, 9.17) is 11.6 Å². The molecular weight excluding hydrogens is 364 g/mol. The molecule has 2 N–H and O–H groups in total. The fourth-order valence-corrected chi connectivity index (χ4v) is 2.61. The van der Waals surface area contributed by atoms with Gasteiger partial charge in [-0.3, -0.25) is 10.1 Å². The third-order valence-corrected chi connectivity index (χ3v) is 3.81. The van der Waals surface area contributed by atoms with Crippen LogP contribution in [0, 0.1) is 11.6 Å². The van der Waals surface area contributed by atoms with Gasteiger partial charge in [0.2, 0.25) is 0 Å². The van der Waals surface area contributed by atoms with E-state index in [2.05, 4.69) is 5.32 Å². The number of hydrogen-bond donors (Lipinski definition) is 2. The van der Waals surface area contributed by atoms with Crippen LogP contribution in [0.1, 0.15) is 10.4 Å². The summed E-state index contributed by atoms with van der Waals surface area (Å²) in [5.74, 6) is -3.31. The van der Waals surface area contributed by atoms with E-state index in [-0.39, 0.29) is 0 Å². The van der Waals surface area contributed by atoms with Crippen molar-refractivity contribution in [2.45, 2.75) is 0 Å². The highest BCUT2D eigenvalue weighted by molar-refractivity contribution is 6.32. The van der Waals surface area contributed by atoms with Crippen molar-refractivity contribution in [1.82, 2.24) is 9.88 Å². The van der Waals surface area contributed by atoms with Crippen molar-refractivity contribution in [3.63, 3.8) is 0 Å². The van der Waals surface area contributed by atoms with Gasteiger partial charge >= 0.3 is 6.03 Å². The molecule has 0 bridgehead atoms. The maximum atomic E-state index is 13.6. The minimum Gasteiger partial charge on any atom is -0.322 e. The molecule has 8 heteroatoms. The van der Waals surface area contributed by atoms with Crippen molar-refractivity contribution >= 4 is 29.2 Å². The molecule has 0 aliphatic heterocycles. The van der Waals surface area contributed by atoms with E-state index in [1.54, 1.807) is 16.7 Å². The second-order valence-corrected chi connectivity index (χ2v) is 5.67. The lowest BCUT2D eigenvalue weighted by molar-refractivity contribution is 0.0959. The summed E-state index contributed by atoms with van der Waals surface area (Å²) in [5.41, 5.74) is 0.181. The van der Waals surface area contributed by atoms with Gasteiger partial charge in [-0.2, -0.15) is 0 Å². The zero-order chi connectivity index (χ0) is 18.7. The minimum absolute atomic E-state index is 0.310. The summed E-state index contributed by atoms with van der Waals surface area (Å²) in [5, 5.41) is 4.62. The van der Waals surface area contributed by atoms with Crippen LogP contribution in [0.25, 0.3) is 5.69 Å². The average molecular weight is 376 g/mol. The standard InChI is InChI=1S/C18H12ClF2N3O2/c19-12-10-11(6-7-15(12)24-8-1-2-9-24)22-18(26)23-17(25)16-13(20)4-3-5-14(16)21/h1-10H,(H2,22,23,25,26). The average Bonchev–Trinajstić information content (AvgIpc) is 3.08. The molecule has 0 saturated heterocycles. The maximum Gasteiger partial charge on any atom is 0.326 e. The van der Waals surface area contributed by atoms with E-state index in [9.17, 15) is 18.4 Å². The summed E-state index contributed by atoms with van der Waals surface area (Å²) in [6.07, 6.45) is 3.62. The Kier molecular flexibility index (Phi) is 4.99. The van der Waals surface area contributed by atoms with E-state index in [1.165, 1.54) is 6.07 Å². The topological polar surface area (TPSA) is 63.1 Å². The highest BCUT2D eigenvalue weighted by Crippen LogP contribution is 2.24. The number of aromatic nitrogens is 1. The molecule has 0 aliphatic rings. The van der Waals surface area contributed by atoms with Gasteiger partial charge in [-0.1, -0.05) is 17.7 Å². The maximum absolute atomic E-state index is 13.6. The molecule has 0 spiro atoms. The van der Waals surface area contributed by atoms with Crippen molar-refractivity contribution in [3.8, 4) is 5.69 Å². The Bertz CT molecular complexity index is 954. The van der Waals surface area contributed by atoms with Crippen LogP contribution in [0.3, 0.4) is 0 Å². The first kappa shape index (κ1) is 17.6. The predicted octanol–water partition coefficient (Wildman–Crippen LogP) is 4.37. The molecule has 3 amide bonds. The van der Waals surface area contributed by atoms with E-state index < -0.39 is 29.1 Å². The van der Waals surface area contributed by atoms with Crippen LogP contribution >= 0.6 is 11.6 Å². The molecule has 0 fully saturated rings. The third kappa shape index (κ3) is 3.73. The largest absolute Gasteiger partial charge is 0.326 e. The lowest BCUT2D eigenvalue weighted by Crippen LogP contribution is -2.35. The summed E-state index contributed by atoms with van der Waals surface area (Å²) < 4.78 is 28.9. The molecule has 0 radical (unpaired) electrons. The minimum atomic E-state index is -1.19. The second kappa shape index (κ2) is 7.37. The van der Waals surface area contributed by atoms with Crippen LogP contribution in [-0.2, 0) is 0 Å². The van der Waals surface area contributed by atoms with Crippen LogP contribution in [0.2, 0.25) is 5.02 Å². The number of amides is 3. The molecule has 2 aromatic carbocycles. The molecule has 26 heavy (non-hydrogen) atoms. The molecule has 0 atom stereocenters. The quantitative estimate of drug-likeness (QED) is 0.714. The molecule has 5 nitrogen and oxygen atoms in total. The summed E-state index contributed by atoms with van der Waals surface area (Å²) in [6.45, 7) is 0. The van der Waals surface area contributed by atoms with E-state index in [0.717, 1.165) is 18.2 Å². The Balaban J connectivity index is 1.70. The Labute approximate surface area is 152 Å². The van der Waals surface area contributed by atoms with E-state index in [1.807, 2.05) is 29.8 Å². The van der Waals surface area contributed by atoms with Crippen LogP contribution in [0.4, 0.5) is 19.3 Å². The molecule has 3 aromatic rings. The number of nitrogens with one attached hydrogen (secondary N) is 2. The van der Waals surface area contributed by atoms with Gasteiger partial charge in [0.25, 0.3) is 5.91 Å². The van der Waals surface area contributed by atoms with Crippen LogP contribution < -0.4 is 10.6 Å². The normalized spacial score (nSPS) is 10.4. The van der Waals surface area contributed by atoms with Gasteiger partial charge in [0.05, 0.1) is 10.7 Å². The number of rotatable bonds is 3. The molecule has 1 heterocycles. The van der Waals surface area contributed by atoms with Gasteiger partial charge in [-0.15, -0.1) is 0 Å². The van der Waals surface area contributed by atoms with Crippen LogP contribution in [0.5, 0.6) is 0 Å². The van der Waals surface area contributed by atoms with E-state index in [0.29, 0.717) is 16.4 Å². The summed E-state index contributed by atoms with van der Waals surface area (Å²) >= 11 is 6.19. The number of imide groups is 1. The first-order valence-electron chi connectivity index (χ1n) is 7.45. The predicted molar refractivity (Wildman–Crippen MR) is 93.6 cm³/mol.